The minimum atomic E-state index is -4.16. The molecule has 0 spiro atoms. The standard InChI is InChI=1S/C22H29N3O7S/c1-31-17-10-12-18(13-11-17)33(29,30)25-21(28)20-23-22(32-24-20)16(14-19(26)27)9-5-8-15-6-3-2-4-7-15/h10-13,15-16H,2-9,14H2,1H3,(H,25,28)(H,26,27)/t16-/m1/s1. The van der Waals surface area contributed by atoms with Gasteiger partial charge in [0, 0.05) is 5.92 Å². The number of carboxylic acids is 1. The summed E-state index contributed by atoms with van der Waals surface area (Å²) >= 11 is 0. The Morgan fingerprint density at radius 1 is 1.21 bits per heavy atom. The lowest BCUT2D eigenvalue weighted by Gasteiger charge is -2.21. The Labute approximate surface area is 192 Å². The second-order valence-electron chi connectivity index (χ2n) is 8.30. The number of ether oxygens (including phenoxy) is 1. The summed E-state index contributed by atoms with van der Waals surface area (Å²) in [6, 6.07) is 5.50. The lowest BCUT2D eigenvalue weighted by atomic mass is 9.84. The van der Waals surface area contributed by atoms with Gasteiger partial charge in [-0.2, -0.15) is 4.98 Å². The molecule has 3 rings (SSSR count). The summed E-state index contributed by atoms with van der Waals surface area (Å²) < 4.78 is 36.9. The highest BCUT2D eigenvalue weighted by molar-refractivity contribution is 7.90. The fourth-order valence-corrected chi connectivity index (χ4v) is 5.07. The first-order chi connectivity index (χ1) is 15.8. The van der Waals surface area contributed by atoms with Crippen molar-refractivity contribution in [3.8, 4) is 5.75 Å². The second kappa shape index (κ2) is 11.3. The van der Waals surface area contributed by atoms with Gasteiger partial charge < -0.3 is 14.4 Å². The third kappa shape index (κ3) is 7.01. The quantitative estimate of drug-likeness (QED) is 0.494. The summed E-state index contributed by atoms with van der Waals surface area (Å²) in [7, 11) is -2.71. The van der Waals surface area contributed by atoms with Crippen LogP contribution in [0, 0.1) is 5.92 Å². The van der Waals surface area contributed by atoms with Gasteiger partial charge in [-0.15, -0.1) is 0 Å². The first-order valence-corrected chi connectivity index (χ1v) is 12.5. The molecule has 0 aliphatic heterocycles. The number of nitrogens with zero attached hydrogens (tertiary/aromatic N) is 2. The molecule has 1 amide bonds. The van der Waals surface area contributed by atoms with Crippen molar-refractivity contribution in [2.24, 2.45) is 5.92 Å². The zero-order valence-electron chi connectivity index (χ0n) is 18.5. The van der Waals surface area contributed by atoms with E-state index < -0.39 is 33.6 Å². The summed E-state index contributed by atoms with van der Waals surface area (Å²) in [6.07, 6.45) is 8.33. The molecule has 1 heterocycles. The maximum Gasteiger partial charge on any atom is 0.306 e. The molecular formula is C22H29N3O7S. The smallest absolute Gasteiger partial charge is 0.306 e. The monoisotopic (exact) mass is 479 g/mol. The molecular weight excluding hydrogens is 450 g/mol. The van der Waals surface area contributed by atoms with Gasteiger partial charge in [0.25, 0.3) is 15.8 Å². The number of methoxy groups -OCH3 is 1. The van der Waals surface area contributed by atoms with Gasteiger partial charge in [0.2, 0.25) is 5.89 Å². The molecule has 1 fully saturated rings. The number of benzene rings is 1. The molecule has 11 heteroatoms. The number of hydrogen-bond donors (Lipinski definition) is 2. The van der Waals surface area contributed by atoms with Gasteiger partial charge in [0.1, 0.15) is 5.75 Å². The molecule has 33 heavy (non-hydrogen) atoms. The average Bonchev–Trinajstić information content (AvgIpc) is 3.29. The summed E-state index contributed by atoms with van der Waals surface area (Å²) in [5.74, 6) is -1.93. The molecule has 2 N–H and O–H groups in total. The van der Waals surface area contributed by atoms with Crippen molar-refractivity contribution in [1.29, 1.82) is 0 Å². The fraction of sp³-hybridized carbons (Fsp3) is 0.545. The molecule has 180 valence electrons. The van der Waals surface area contributed by atoms with E-state index in [0.717, 1.165) is 12.8 Å². The lowest BCUT2D eigenvalue weighted by Crippen LogP contribution is -2.31. The van der Waals surface area contributed by atoms with Crippen LogP contribution in [0.15, 0.2) is 33.7 Å². The fourth-order valence-electron chi connectivity index (χ4n) is 4.13. The van der Waals surface area contributed by atoms with Crippen molar-refractivity contribution in [1.82, 2.24) is 14.9 Å². The number of carbonyl (C=O) groups excluding carboxylic acids is 1. The van der Waals surface area contributed by atoms with E-state index in [0.29, 0.717) is 18.1 Å². The van der Waals surface area contributed by atoms with E-state index in [4.69, 9.17) is 9.26 Å². The van der Waals surface area contributed by atoms with E-state index in [1.54, 1.807) is 0 Å². The number of aromatic nitrogens is 2. The molecule has 10 nitrogen and oxygen atoms in total. The van der Waals surface area contributed by atoms with Crippen LogP contribution in [0.5, 0.6) is 5.75 Å². The number of hydrogen-bond acceptors (Lipinski definition) is 8. The SMILES string of the molecule is COc1ccc(S(=O)(=O)NC(=O)c2noc([C@H](CCCC3CCCCC3)CC(=O)O)n2)cc1. The maximum absolute atomic E-state index is 12.5. The van der Waals surface area contributed by atoms with E-state index in [2.05, 4.69) is 10.1 Å². The summed E-state index contributed by atoms with van der Waals surface area (Å²) in [4.78, 5) is 27.6. The van der Waals surface area contributed by atoms with Gasteiger partial charge in [-0.3, -0.25) is 9.59 Å². The van der Waals surface area contributed by atoms with Gasteiger partial charge in [-0.1, -0.05) is 50.1 Å². The topological polar surface area (TPSA) is 149 Å². The van der Waals surface area contributed by atoms with Crippen LogP contribution in [0.3, 0.4) is 0 Å². The number of amides is 1. The maximum atomic E-state index is 12.5. The number of aliphatic carboxylic acids is 1. The third-order valence-corrected chi connectivity index (χ3v) is 7.25. The average molecular weight is 480 g/mol. The van der Waals surface area contributed by atoms with Crippen molar-refractivity contribution < 1.29 is 32.4 Å². The normalized spacial score (nSPS) is 15.7. The predicted molar refractivity (Wildman–Crippen MR) is 117 cm³/mol. The zero-order chi connectivity index (χ0) is 23.8. The molecule has 1 aliphatic carbocycles. The van der Waals surface area contributed by atoms with Crippen LogP contribution in [0.4, 0.5) is 0 Å². The molecule has 0 radical (unpaired) electrons. The first-order valence-electron chi connectivity index (χ1n) is 11.0. The number of sulfonamides is 1. The van der Waals surface area contributed by atoms with Gasteiger partial charge in [0.15, 0.2) is 0 Å². The Hall–Kier alpha value is -2.95. The van der Waals surface area contributed by atoms with Crippen LogP contribution >= 0.6 is 0 Å². The Morgan fingerprint density at radius 2 is 1.91 bits per heavy atom. The molecule has 1 aromatic heterocycles. The summed E-state index contributed by atoms with van der Waals surface area (Å²) in [6.45, 7) is 0. The van der Waals surface area contributed by atoms with Crippen LogP contribution in [-0.2, 0) is 14.8 Å². The van der Waals surface area contributed by atoms with Crippen molar-refractivity contribution in [2.75, 3.05) is 7.11 Å². The van der Waals surface area contributed by atoms with Crippen molar-refractivity contribution in [3.05, 3.63) is 36.0 Å². The minimum Gasteiger partial charge on any atom is -0.497 e. The van der Waals surface area contributed by atoms with Crippen molar-refractivity contribution >= 4 is 21.9 Å². The molecule has 1 aromatic carbocycles. The number of carbonyl (C=O) groups is 2. The molecule has 1 saturated carbocycles. The van der Waals surface area contributed by atoms with E-state index in [-0.39, 0.29) is 17.2 Å². The second-order valence-corrected chi connectivity index (χ2v) is 9.98. The van der Waals surface area contributed by atoms with E-state index in [1.165, 1.54) is 63.5 Å². The summed E-state index contributed by atoms with van der Waals surface area (Å²) in [5, 5.41) is 12.8. The van der Waals surface area contributed by atoms with Crippen LogP contribution < -0.4 is 9.46 Å². The van der Waals surface area contributed by atoms with Crippen LogP contribution in [-0.4, -0.2) is 42.7 Å². The van der Waals surface area contributed by atoms with Gasteiger partial charge in [-0.25, -0.2) is 13.1 Å². The minimum absolute atomic E-state index is 0.0213. The number of rotatable bonds is 11. The highest BCUT2D eigenvalue weighted by Crippen LogP contribution is 2.31. The zero-order valence-corrected chi connectivity index (χ0v) is 19.3. The van der Waals surface area contributed by atoms with E-state index >= 15 is 0 Å². The van der Waals surface area contributed by atoms with Gasteiger partial charge >= 0.3 is 11.9 Å². The largest absolute Gasteiger partial charge is 0.497 e. The van der Waals surface area contributed by atoms with Crippen molar-refractivity contribution in [2.45, 2.75) is 68.6 Å². The number of nitrogens with one attached hydrogen (secondary N) is 1. The molecule has 2 aromatic rings. The van der Waals surface area contributed by atoms with Crippen LogP contribution in [0.25, 0.3) is 0 Å². The molecule has 0 unspecified atom stereocenters. The van der Waals surface area contributed by atoms with Gasteiger partial charge in [0.05, 0.1) is 18.4 Å². The van der Waals surface area contributed by atoms with E-state index in [1.807, 2.05) is 4.72 Å². The Bertz CT molecular complexity index is 1040. The highest BCUT2D eigenvalue weighted by atomic mass is 32.2. The van der Waals surface area contributed by atoms with Crippen molar-refractivity contribution in [3.63, 3.8) is 0 Å². The number of carboxylic acid groups (broad SMARTS) is 1. The first kappa shape index (κ1) is 24.7. The predicted octanol–water partition coefficient (Wildman–Crippen LogP) is 3.51. The summed E-state index contributed by atoms with van der Waals surface area (Å²) in [5.41, 5.74) is 0. The molecule has 1 aliphatic rings. The lowest BCUT2D eigenvalue weighted by molar-refractivity contribution is -0.137. The molecule has 1 atom stereocenters. The molecule has 0 bridgehead atoms. The molecule has 0 saturated heterocycles. The Balaban J connectivity index is 1.63. The van der Waals surface area contributed by atoms with Crippen LogP contribution in [0.1, 0.15) is 80.2 Å². The highest BCUT2D eigenvalue weighted by Gasteiger charge is 2.27. The Kier molecular flexibility index (Phi) is 8.43. The Morgan fingerprint density at radius 3 is 2.55 bits per heavy atom. The van der Waals surface area contributed by atoms with E-state index in [9.17, 15) is 23.1 Å². The van der Waals surface area contributed by atoms with Crippen LogP contribution in [0.2, 0.25) is 0 Å². The third-order valence-electron chi connectivity index (χ3n) is 5.90. The van der Waals surface area contributed by atoms with Gasteiger partial charge in [-0.05, 0) is 36.6 Å².